The number of benzene rings is 1. The van der Waals surface area contributed by atoms with Crippen LogP contribution in [0.25, 0.3) is 0 Å². The first-order valence-corrected chi connectivity index (χ1v) is 5.43. The molecule has 0 amide bonds. The molecule has 15 heavy (non-hydrogen) atoms. The monoisotopic (exact) mass is 272 g/mol. The largest absolute Gasteiger partial charge is 0.468 e. The molecule has 2 nitrogen and oxygen atoms in total. The normalized spacial score (nSPS) is 17.3. The summed E-state index contributed by atoms with van der Waals surface area (Å²) in [6.07, 6.45) is 1.55. The molecule has 0 saturated heterocycles. The molecule has 0 heterocycles. The van der Waals surface area contributed by atoms with E-state index in [4.69, 9.17) is 4.74 Å². The summed E-state index contributed by atoms with van der Waals surface area (Å²) >= 11 is 3.11. The van der Waals surface area contributed by atoms with E-state index in [0.717, 1.165) is 18.4 Å². The van der Waals surface area contributed by atoms with Crippen molar-refractivity contribution < 1.29 is 13.9 Å². The Hall–Kier alpha value is -0.900. The molecule has 1 aliphatic carbocycles. The van der Waals surface area contributed by atoms with Crippen molar-refractivity contribution in [1.29, 1.82) is 0 Å². The molecule has 2 rings (SSSR count). The molecule has 0 radical (unpaired) electrons. The van der Waals surface area contributed by atoms with Gasteiger partial charge in [0.15, 0.2) is 0 Å². The average molecular weight is 273 g/mol. The maximum absolute atomic E-state index is 13.0. The van der Waals surface area contributed by atoms with Crippen molar-refractivity contribution >= 4 is 21.9 Å². The Bertz CT molecular complexity index is 413. The van der Waals surface area contributed by atoms with Crippen LogP contribution in [0, 0.1) is 5.82 Å². The zero-order valence-corrected chi connectivity index (χ0v) is 9.80. The average Bonchev–Trinajstić information content (AvgIpc) is 3.02. The summed E-state index contributed by atoms with van der Waals surface area (Å²) in [5.41, 5.74) is 0.299. The second-order valence-electron chi connectivity index (χ2n) is 3.70. The maximum atomic E-state index is 13.0. The fourth-order valence-corrected chi connectivity index (χ4v) is 2.10. The lowest BCUT2D eigenvalue weighted by Gasteiger charge is -2.13. The lowest BCUT2D eigenvalue weighted by molar-refractivity contribution is -0.143. The van der Waals surface area contributed by atoms with Gasteiger partial charge in [0, 0.05) is 0 Å². The van der Waals surface area contributed by atoms with Crippen LogP contribution in [0.5, 0.6) is 0 Å². The fourth-order valence-electron chi connectivity index (χ4n) is 1.72. The minimum Gasteiger partial charge on any atom is -0.468 e. The van der Waals surface area contributed by atoms with E-state index in [9.17, 15) is 9.18 Å². The topological polar surface area (TPSA) is 26.3 Å². The number of carbonyl (C=O) groups is 1. The van der Waals surface area contributed by atoms with Crippen LogP contribution in [0.4, 0.5) is 4.39 Å². The van der Waals surface area contributed by atoms with E-state index in [1.54, 1.807) is 12.1 Å². The lowest BCUT2D eigenvalue weighted by atomic mass is 9.96. The van der Waals surface area contributed by atoms with E-state index in [2.05, 4.69) is 15.9 Å². The highest BCUT2D eigenvalue weighted by molar-refractivity contribution is 9.10. The molecule has 0 N–H and O–H groups in total. The van der Waals surface area contributed by atoms with Crippen LogP contribution in [0.15, 0.2) is 22.7 Å². The summed E-state index contributed by atoms with van der Waals surface area (Å²) in [5.74, 6) is -0.555. The van der Waals surface area contributed by atoms with Gasteiger partial charge < -0.3 is 4.74 Å². The standard InChI is InChI=1S/C11H10BrFO2/c1-15-10(14)11(4-5-11)7-2-3-9(13)8(12)6-7/h2-3,6H,4-5H2,1H3. The molecular formula is C11H10BrFO2. The van der Waals surface area contributed by atoms with Crippen LogP contribution in [-0.4, -0.2) is 13.1 Å². The molecule has 1 aromatic carbocycles. The zero-order chi connectivity index (χ0) is 11.1. The number of halogens is 2. The van der Waals surface area contributed by atoms with Crippen LogP contribution < -0.4 is 0 Å². The SMILES string of the molecule is COC(=O)C1(c2ccc(F)c(Br)c2)CC1. The summed E-state index contributed by atoms with van der Waals surface area (Å²) in [6.45, 7) is 0. The van der Waals surface area contributed by atoms with Crippen LogP contribution >= 0.6 is 15.9 Å². The molecule has 0 unspecified atom stereocenters. The van der Waals surface area contributed by atoms with E-state index >= 15 is 0 Å². The molecule has 0 spiro atoms. The van der Waals surface area contributed by atoms with Crippen molar-refractivity contribution in [3.8, 4) is 0 Å². The Morgan fingerprint density at radius 1 is 1.53 bits per heavy atom. The maximum Gasteiger partial charge on any atom is 0.316 e. The predicted octanol–water partition coefficient (Wildman–Crippen LogP) is 2.79. The van der Waals surface area contributed by atoms with Crippen LogP contribution in [-0.2, 0) is 14.9 Å². The van der Waals surface area contributed by atoms with E-state index < -0.39 is 5.41 Å². The van der Waals surface area contributed by atoms with Crippen molar-refractivity contribution in [2.75, 3.05) is 7.11 Å². The lowest BCUT2D eigenvalue weighted by Crippen LogP contribution is -2.21. The van der Waals surface area contributed by atoms with Crippen LogP contribution in [0.3, 0.4) is 0 Å². The second kappa shape index (κ2) is 3.59. The molecule has 4 heteroatoms. The predicted molar refractivity (Wildman–Crippen MR) is 57.0 cm³/mol. The second-order valence-corrected chi connectivity index (χ2v) is 4.56. The molecule has 0 aromatic heterocycles. The zero-order valence-electron chi connectivity index (χ0n) is 8.22. The van der Waals surface area contributed by atoms with Gasteiger partial charge in [0.2, 0.25) is 0 Å². The quantitative estimate of drug-likeness (QED) is 0.774. The Morgan fingerprint density at radius 2 is 2.20 bits per heavy atom. The van der Waals surface area contributed by atoms with E-state index in [-0.39, 0.29) is 11.8 Å². The Kier molecular flexibility index (Phi) is 2.54. The van der Waals surface area contributed by atoms with E-state index in [0.29, 0.717) is 4.47 Å². The fraction of sp³-hybridized carbons (Fsp3) is 0.364. The van der Waals surface area contributed by atoms with Gasteiger partial charge in [0.05, 0.1) is 17.0 Å². The number of hydrogen-bond acceptors (Lipinski definition) is 2. The van der Waals surface area contributed by atoms with Gasteiger partial charge in [-0.25, -0.2) is 4.39 Å². The molecule has 0 atom stereocenters. The number of hydrogen-bond donors (Lipinski definition) is 0. The first kappa shape index (κ1) is 10.6. The molecular weight excluding hydrogens is 263 g/mol. The summed E-state index contributed by atoms with van der Waals surface area (Å²) < 4.78 is 18.2. The molecule has 0 bridgehead atoms. The first-order valence-electron chi connectivity index (χ1n) is 4.64. The third kappa shape index (κ3) is 1.67. The molecule has 1 aliphatic rings. The number of methoxy groups -OCH3 is 1. The van der Waals surface area contributed by atoms with Gasteiger partial charge in [-0.3, -0.25) is 4.79 Å². The highest BCUT2D eigenvalue weighted by Gasteiger charge is 2.52. The Balaban J connectivity index is 2.38. The van der Waals surface area contributed by atoms with E-state index in [1.165, 1.54) is 13.2 Å². The van der Waals surface area contributed by atoms with Gasteiger partial charge >= 0.3 is 5.97 Å². The molecule has 0 aliphatic heterocycles. The summed E-state index contributed by atoms with van der Waals surface area (Å²) in [6, 6.07) is 4.66. The Labute approximate surface area is 95.6 Å². The van der Waals surface area contributed by atoms with Crippen molar-refractivity contribution in [3.63, 3.8) is 0 Å². The number of carbonyl (C=O) groups excluding carboxylic acids is 1. The third-order valence-corrected chi connectivity index (χ3v) is 3.41. The van der Waals surface area contributed by atoms with Crippen LogP contribution in [0.2, 0.25) is 0 Å². The summed E-state index contributed by atoms with van der Waals surface area (Å²) in [4.78, 5) is 11.6. The van der Waals surface area contributed by atoms with Gasteiger partial charge in [-0.15, -0.1) is 0 Å². The minimum absolute atomic E-state index is 0.235. The highest BCUT2D eigenvalue weighted by Crippen LogP contribution is 2.49. The number of rotatable bonds is 2. The van der Waals surface area contributed by atoms with Gasteiger partial charge in [-0.2, -0.15) is 0 Å². The van der Waals surface area contributed by atoms with Gasteiger partial charge in [-0.05, 0) is 46.5 Å². The van der Waals surface area contributed by atoms with Crippen molar-refractivity contribution in [1.82, 2.24) is 0 Å². The van der Waals surface area contributed by atoms with Crippen molar-refractivity contribution in [2.24, 2.45) is 0 Å². The van der Waals surface area contributed by atoms with E-state index in [1.807, 2.05) is 0 Å². The van der Waals surface area contributed by atoms with Gasteiger partial charge in [-0.1, -0.05) is 6.07 Å². The van der Waals surface area contributed by atoms with Gasteiger partial charge in [0.1, 0.15) is 5.82 Å². The molecule has 1 aromatic rings. The van der Waals surface area contributed by atoms with Crippen LogP contribution in [0.1, 0.15) is 18.4 Å². The molecule has 1 saturated carbocycles. The smallest absolute Gasteiger partial charge is 0.316 e. The first-order chi connectivity index (χ1) is 7.10. The molecule has 80 valence electrons. The van der Waals surface area contributed by atoms with Gasteiger partial charge in [0.25, 0.3) is 0 Å². The Morgan fingerprint density at radius 3 is 2.67 bits per heavy atom. The molecule has 1 fully saturated rings. The summed E-state index contributed by atoms with van der Waals surface area (Å²) in [7, 11) is 1.38. The number of esters is 1. The van der Waals surface area contributed by atoms with Crippen molar-refractivity contribution in [3.05, 3.63) is 34.1 Å². The highest BCUT2D eigenvalue weighted by atomic mass is 79.9. The number of ether oxygens (including phenoxy) is 1. The van der Waals surface area contributed by atoms with Crippen molar-refractivity contribution in [2.45, 2.75) is 18.3 Å². The summed E-state index contributed by atoms with van der Waals surface area (Å²) in [5, 5.41) is 0. The third-order valence-electron chi connectivity index (χ3n) is 2.80. The minimum atomic E-state index is -0.523.